The van der Waals surface area contributed by atoms with Crippen molar-refractivity contribution in [1.82, 2.24) is 14.3 Å². The number of carbonyl (C=O) groups is 1. The first kappa shape index (κ1) is 24.9. The molecule has 4 rings (SSSR count). The molecule has 9 heteroatoms. The first-order chi connectivity index (χ1) is 17.4. The summed E-state index contributed by atoms with van der Waals surface area (Å²) in [5.74, 6) is 0.578. The molecule has 0 radical (unpaired) electrons. The molecule has 2 aromatic heterocycles. The number of anilines is 2. The van der Waals surface area contributed by atoms with Crippen LogP contribution in [0.2, 0.25) is 0 Å². The third kappa shape index (κ3) is 5.24. The van der Waals surface area contributed by atoms with Gasteiger partial charge in [0.15, 0.2) is 0 Å². The number of aryl methyl sites for hydroxylation is 1. The zero-order valence-corrected chi connectivity index (χ0v) is 20.8. The molecular formula is C27H30N6O3. The van der Waals surface area contributed by atoms with Crippen LogP contribution in [0.25, 0.3) is 11.7 Å². The zero-order valence-electron chi connectivity index (χ0n) is 20.8. The molecule has 1 amide bonds. The Morgan fingerprint density at radius 1 is 1.17 bits per heavy atom. The number of hydrogen-bond donors (Lipinski definition) is 1. The van der Waals surface area contributed by atoms with Gasteiger partial charge in [-0.3, -0.25) is 14.0 Å². The van der Waals surface area contributed by atoms with Crippen molar-refractivity contribution in [3.63, 3.8) is 0 Å². The summed E-state index contributed by atoms with van der Waals surface area (Å²) in [6, 6.07) is 12.5. The summed E-state index contributed by atoms with van der Waals surface area (Å²) >= 11 is 0. The van der Waals surface area contributed by atoms with E-state index in [0.29, 0.717) is 42.6 Å². The third-order valence-electron chi connectivity index (χ3n) is 6.26. The lowest BCUT2D eigenvalue weighted by atomic mass is 10.1. The Hall–Kier alpha value is -4.16. The number of nitrogens with zero attached hydrogens (tertiary/aromatic N) is 5. The van der Waals surface area contributed by atoms with E-state index in [1.165, 1.54) is 10.5 Å². The van der Waals surface area contributed by atoms with Crippen molar-refractivity contribution < 1.29 is 9.53 Å². The summed E-state index contributed by atoms with van der Waals surface area (Å²) in [5, 5.41) is 12.5. The molecule has 1 N–H and O–H groups in total. The van der Waals surface area contributed by atoms with Crippen molar-refractivity contribution in [3.8, 4) is 11.8 Å². The molecule has 0 unspecified atom stereocenters. The van der Waals surface area contributed by atoms with Gasteiger partial charge in [-0.15, -0.1) is 0 Å². The lowest BCUT2D eigenvalue weighted by Gasteiger charge is -2.35. The fraction of sp³-hybridized carbons (Fsp3) is 0.333. The lowest BCUT2D eigenvalue weighted by Crippen LogP contribution is -2.47. The standard InChI is InChI=1S/C27H30N6O3/c1-4-31-13-15-32(16-14-31)25-23(27(35)33-12-6-7-19(3)24(33)30-25)17-20(18-28)26(34)29-21-8-10-22(11-9-21)36-5-2/h6-12,17H,4-5,13-16H2,1-3H3,(H,29,34). The van der Waals surface area contributed by atoms with Crippen LogP contribution in [0.3, 0.4) is 0 Å². The number of piperazine rings is 1. The molecule has 0 saturated carbocycles. The van der Waals surface area contributed by atoms with E-state index in [4.69, 9.17) is 9.72 Å². The number of fused-ring (bicyclic) bond motifs is 1. The van der Waals surface area contributed by atoms with Crippen LogP contribution in [0.5, 0.6) is 5.75 Å². The quantitative estimate of drug-likeness (QED) is 0.404. The Morgan fingerprint density at radius 3 is 2.53 bits per heavy atom. The van der Waals surface area contributed by atoms with Gasteiger partial charge in [-0.05, 0) is 62.4 Å². The third-order valence-corrected chi connectivity index (χ3v) is 6.26. The molecule has 0 spiro atoms. The summed E-state index contributed by atoms with van der Waals surface area (Å²) in [6.07, 6.45) is 3.01. The van der Waals surface area contributed by atoms with Gasteiger partial charge >= 0.3 is 0 Å². The number of ether oxygens (including phenoxy) is 1. The second-order valence-electron chi connectivity index (χ2n) is 8.54. The minimum atomic E-state index is -0.600. The number of nitriles is 1. The van der Waals surface area contributed by atoms with Crippen molar-refractivity contribution in [3.05, 3.63) is 69.6 Å². The predicted octanol–water partition coefficient (Wildman–Crippen LogP) is 3.09. The van der Waals surface area contributed by atoms with Gasteiger partial charge in [-0.25, -0.2) is 4.98 Å². The number of hydrogen-bond acceptors (Lipinski definition) is 7. The van der Waals surface area contributed by atoms with Crippen LogP contribution >= 0.6 is 0 Å². The summed E-state index contributed by atoms with van der Waals surface area (Å²) in [7, 11) is 0. The van der Waals surface area contributed by atoms with Gasteiger partial charge in [-0.1, -0.05) is 13.0 Å². The minimum Gasteiger partial charge on any atom is -0.494 e. The van der Waals surface area contributed by atoms with Gasteiger partial charge in [0.2, 0.25) is 0 Å². The van der Waals surface area contributed by atoms with Crippen LogP contribution in [0.4, 0.5) is 11.5 Å². The molecule has 1 aromatic carbocycles. The van der Waals surface area contributed by atoms with E-state index >= 15 is 0 Å². The lowest BCUT2D eigenvalue weighted by molar-refractivity contribution is -0.112. The largest absolute Gasteiger partial charge is 0.494 e. The highest BCUT2D eigenvalue weighted by Gasteiger charge is 2.23. The van der Waals surface area contributed by atoms with Gasteiger partial charge < -0.3 is 19.9 Å². The number of benzene rings is 1. The number of pyridine rings is 1. The molecular weight excluding hydrogens is 456 g/mol. The molecule has 9 nitrogen and oxygen atoms in total. The highest BCUT2D eigenvalue weighted by Crippen LogP contribution is 2.23. The van der Waals surface area contributed by atoms with E-state index in [9.17, 15) is 14.9 Å². The van der Waals surface area contributed by atoms with E-state index in [2.05, 4.69) is 22.0 Å². The van der Waals surface area contributed by atoms with Crippen LogP contribution < -0.4 is 20.5 Å². The van der Waals surface area contributed by atoms with E-state index < -0.39 is 5.91 Å². The van der Waals surface area contributed by atoms with Crippen molar-refractivity contribution in [2.24, 2.45) is 0 Å². The average Bonchev–Trinajstić information content (AvgIpc) is 2.90. The molecule has 3 heterocycles. The number of nitrogens with one attached hydrogen (secondary N) is 1. The predicted molar refractivity (Wildman–Crippen MR) is 140 cm³/mol. The van der Waals surface area contributed by atoms with Gasteiger partial charge in [0, 0.05) is 38.1 Å². The molecule has 1 saturated heterocycles. The Labute approximate surface area is 210 Å². The topological polar surface area (TPSA) is 103 Å². The van der Waals surface area contributed by atoms with Crippen LogP contribution in [0.15, 0.2) is 53.0 Å². The van der Waals surface area contributed by atoms with E-state index in [0.717, 1.165) is 25.2 Å². The first-order valence-corrected chi connectivity index (χ1v) is 12.1. The summed E-state index contributed by atoms with van der Waals surface area (Å²) in [6.45, 7) is 10.5. The van der Waals surface area contributed by atoms with Gasteiger partial charge in [0.25, 0.3) is 11.5 Å². The normalized spacial score (nSPS) is 14.5. The van der Waals surface area contributed by atoms with Gasteiger partial charge in [0.05, 0.1) is 12.2 Å². The minimum absolute atomic E-state index is 0.177. The van der Waals surface area contributed by atoms with Crippen molar-refractivity contribution in [1.29, 1.82) is 5.26 Å². The smallest absolute Gasteiger partial charge is 0.267 e. The summed E-state index contributed by atoms with van der Waals surface area (Å²) in [5.41, 5.74) is 1.67. The zero-order chi connectivity index (χ0) is 25.7. The number of carbonyl (C=O) groups excluding carboxylic acids is 1. The molecule has 36 heavy (non-hydrogen) atoms. The Kier molecular flexibility index (Phi) is 7.66. The Balaban J connectivity index is 1.73. The molecule has 0 atom stereocenters. The Morgan fingerprint density at radius 2 is 1.89 bits per heavy atom. The molecule has 1 aliphatic rings. The second-order valence-corrected chi connectivity index (χ2v) is 8.54. The van der Waals surface area contributed by atoms with Crippen molar-refractivity contribution in [2.75, 3.05) is 49.5 Å². The fourth-order valence-corrected chi connectivity index (χ4v) is 4.24. The number of likely N-dealkylation sites (N-methyl/N-ethyl adjacent to an activating group) is 1. The molecule has 3 aromatic rings. The second kappa shape index (κ2) is 11.1. The molecule has 186 valence electrons. The van der Waals surface area contributed by atoms with Crippen molar-refractivity contribution in [2.45, 2.75) is 20.8 Å². The highest BCUT2D eigenvalue weighted by atomic mass is 16.5. The van der Waals surface area contributed by atoms with E-state index in [1.807, 2.05) is 26.0 Å². The van der Waals surface area contributed by atoms with Gasteiger partial charge in [-0.2, -0.15) is 5.26 Å². The highest BCUT2D eigenvalue weighted by molar-refractivity contribution is 6.10. The summed E-state index contributed by atoms with van der Waals surface area (Å²) < 4.78 is 6.89. The molecule has 0 bridgehead atoms. The monoisotopic (exact) mass is 486 g/mol. The molecule has 1 aliphatic heterocycles. The fourth-order valence-electron chi connectivity index (χ4n) is 4.24. The molecule has 1 fully saturated rings. The van der Waals surface area contributed by atoms with Crippen molar-refractivity contribution >= 4 is 29.1 Å². The maximum atomic E-state index is 13.6. The molecule has 0 aliphatic carbocycles. The van der Waals surface area contributed by atoms with E-state index in [1.54, 1.807) is 36.5 Å². The Bertz CT molecular complexity index is 1380. The van der Waals surface area contributed by atoms with Crippen LogP contribution in [-0.4, -0.2) is 59.5 Å². The van der Waals surface area contributed by atoms with Crippen LogP contribution in [0, 0.1) is 18.3 Å². The number of rotatable bonds is 7. The maximum Gasteiger partial charge on any atom is 0.267 e. The van der Waals surface area contributed by atoms with Crippen LogP contribution in [-0.2, 0) is 4.79 Å². The van der Waals surface area contributed by atoms with E-state index in [-0.39, 0.29) is 16.7 Å². The summed E-state index contributed by atoms with van der Waals surface area (Å²) in [4.78, 5) is 35.8. The number of aromatic nitrogens is 2. The first-order valence-electron chi connectivity index (χ1n) is 12.1. The number of amides is 1. The SMILES string of the molecule is CCOc1ccc(NC(=O)C(C#N)=Cc2c(N3CCN(CC)CC3)nc3c(C)cccn3c2=O)cc1. The maximum absolute atomic E-state index is 13.6. The van der Waals surface area contributed by atoms with Gasteiger partial charge in [0.1, 0.15) is 28.9 Å². The average molecular weight is 487 g/mol. The van der Waals surface area contributed by atoms with Crippen LogP contribution in [0.1, 0.15) is 25.0 Å².